The predicted octanol–water partition coefficient (Wildman–Crippen LogP) is 3.59. The summed E-state index contributed by atoms with van der Waals surface area (Å²) in [5.41, 5.74) is 1.54. The Balaban J connectivity index is 2.54. The first-order valence-corrected chi connectivity index (χ1v) is 6.75. The van der Waals surface area contributed by atoms with Gasteiger partial charge in [0, 0.05) is 34.8 Å². The summed E-state index contributed by atoms with van der Waals surface area (Å²) in [6.45, 7) is 6.04. The summed E-state index contributed by atoms with van der Waals surface area (Å²) in [6.07, 6.45) is 0.744. The molecule has 3 nitrogen and oxygen atoms in total. The van der Waals surface area contributed by atoms with Crippen LogP contribution in [0.4, 0.5) is 4.39 Å². The number of halogens is 2. The third-order valence-corrected chi connectivity index (χ3v) is 3.46. The molecule has 1 atom stereocenters. The van der Waals surface area contributed by atoms with E-state index in [1.54, 1.807) is 17.9 Å². The van der Waals surface area contributed by atoms with E-state index in [0.29, 0.717) is 16.1 Å². The Morgan fingerprint density at radius 1 is 1.30 bits per heavy atom. The standard InChI is InChI=1S/C15H18ClFN2O/c1-15(2,3)14-11(8-19(4)18-14)13(20)10-7-9(17)5-6-12(10)16/h5-8,13,20H,1-4H3. The molecular formula is C15H18ClFN2O. The second kappa shape index (κ2) is 5.19. The van der Waals surface area contributed by atoms with Crippen LogP contribution in [0.2, 0.25) is 5.02 Å². The summed E-state index contributed by atoms with van der Waals surface area (Å²) in [4.78, 5) is 0. The normalized spacial score (nSPS) is 13.6. The van der Waals surface area contributed by atoms with Crippen molar-refractivity contribution < 1.29 is 9.50 Å². The van der Waals surface area contributed by atoms with Gasteiger partial charge in [-0.05, 0) is 18.2 Å². The monoisotopic (exact) mass is 296 g/mol. The van der Waals surface area contributed by atoms with Gasteiger partial charge in [-0.1, -0.05) is 32.4 Å². The molecule has 0 amide bonds. The van der Waals surface area contributed by atoms with Crippen molar-refractivity contribution in [2.45, 2.75) is 32.3 Å². The lowest BCUT2D eigenvalue weighted by Crippen LogP contribution is -2.16. The van der Waals surface area contributed by atoms with E-state index in [1.807, 2.05) is 20.8 Å². The number of benzene rings is 1. The highest BCUT2D eigenvalue weighted by molar-refractivity contribution is 6.31. The molecule has 0 saturated carbocycles. The van der Waals surface area contributed by atoms with E-state index < -0.39 is 11.9 Å². The van der Waals surface area contributed by atoms with Crippen molar-refractivity contribution in [3.8, 4) is 0 Å². The number of hydrogen-bond donors (Lipinski definition) is 1. The van der Waals surface area contributed by atoms with E-state index in [9.17, 15) is 9.50 Å². The number of aromatic nitrogens is 2. The molecule has 0 radical (unpaired) electrons. The molecule has 1 aromatic heterocycles. The van der Waals surface area contributed by atoms with Gasteiger partial charge in [0.05, 0.1) is 5.69 Å². The summed E-state index contributed by atoms with van der Waals surface area (Å²) in [6, 6.07) is 3.97. The van der Waals surface area contributed by atoms with Gasteiger partial charge >= 0.3 is 0 Å². The van der Waals surface area contributed by atoms with E-state index in [0.717, 1.165) is 5.69 Å². The molecule has 0 bridgehead atoms. The van der Waals surface area contributed by atoms with Gasteiger partial charge in [0.1, 0.15) is 11.9 Å². The average Bonchev–Trinajstić information content (AvgIpc) is 2.73. The number of nitrogens with zero attached hydrogens (tertiary/aromatic N) is 2. The van der Waals surface area contributed by atoms with Crippen molar-refractivity contribution in [1.29, 1.82) is 0 Å². The van der Waals surface area contributed by atoms with Crippen LogP contribution < -0.4 is 0 Å². The Kier molecular flexibility index (Phi) is 3.89. The lowest BCUT2D eigenvalue weighted by atomic mass is 9.87. The molecule has 0 saturated heterocycles. The first kappa shape index (κ1) is 15.0. The fourth-order valence-electron chi connectivity index (χ4n) is 2.18. The summed E-state index contributed by atoms with van der Waals surface area (Å²) < 4.78 is 15.0. The van der Waals surface area contributed by atoms with E-state index >= 15 is 0 Å². The van der Waals surface area contributed by atoms with Crippen LogP contribution in [0, 0.1) is 5.82 Å². The Hall–Kier alpha value is -1.39. The molecular weight excluding hydrogens is 279 g/mol. The minimum atomic E-state index is -0.999. The molecule has 0 aliphatic heterocycles. The van der Waals surface area contributed by atoms with E-state index in [4.69, 9.17) is 11.6 Å². The van der Waals surface area contributed by atoms with Crippen molar-refractivity contribution in [1.82, 2.24) is 9.78 Å². The molecule has 0 aliphatic carbocycles. The van der Waals surface area contributed by atoms with Gasteiger partial charge in [0.2, 0.25) is 0 Å². The maximum absolute atomic E-state index is 13.4. The van der Waals surface area contributed by atoms with Gasteiger partial charge < -0.3 is 5.11 Å². The minimum absolute atomic E-state index is 0.225. The third kappa shape index (κ3) is 2.86. The third-order valence-electron chi connectivity index (χ3n) is 3.11. The Labute approximate surface area is 123 Å². The topological polar surface area (TPSA) is 38.0 Å². The molecule has 108 valence electrons. The van der Waals surface area contributed by atoms with Gasteiger partial charge in [-0.3, -0.25) is 4.68 Å². The number of aryl methyl sites for hydroxylation is 1. The second-order valence-electron chi connectivity index (χ2n) is 5.93. The molecule has 0 aliphatic rings. The lowest BCUT2D eigenvalue weighted by molar-refractivity contribution is 0.217. The second-order valence-corrected chi connectivity index (χ2v) is 6.33. The highest BCUT2D eigenvalue weighted by Crippen LogP contribution is 2.34. The van der Waals surface area contributed by atoms with Gasteiger partial charge in [-0.15, -0.1) is 0 Å². The van der Waals surface area contributed by atoms with Gasteiger partial charge in [0.25, 0.3) is 0 Å². The zero-order valence-corrected chi connectivity index (χ0v) is 12.7. The number of rotatable bonds is 2. The van der Waals surface area contributed by atoms with Crippen molar-refractivity contribution in [2.75, 3.05) is 0 Å². The summed E-state index contributed by atoms with van der Waals surface area (Å²) in [5, 5.41) is 15.3. The summed E-state index contributed by atoms with van der Waals surface area (Å²) in [7, 11) is 1.79. The highest BCUT2D eigenvalue weighted by atomic mass is 35.5. The zero-order valence-electron chi connectivity index (χ0n) is 12.0. The smallest absolute Gasteiger partial charge is 0.123 e. The number of hydrogen-bond acceptors (Lipinski definition) is 2. The van der Waals surface area contributed by atoms with Gasteiger partial charge in [-0.2, -0.15) is 5.10 Å². The fraction of sp³-hybridized carbons (Fsp3) is 0.400. The molecule has 2 aromatic rings. The van der Waals surface area contributed by atoms with Crippen molar-refractivity contribution in [2.24, 2.45) is 7.05 Å². The van der Waals surface area contributed by atoms with Crippen LogP contribution in [0.25, 0.3) is 0 Å². The van der Waals surface area contributed by atoms with Crippen LogP contribution in [-0.4, -0.2) is 14.9 Å². The zero-order chi connectivity index (χ0) is 15.1. The maximum Gasteiger partial charge on any atom is 0.123 e. The van der Waals surface area contributed by atoms with Crippen molar-refractivity contribution in [3.05, 3.63) is 52.1 Å². The average molecular weight is 297 g/mol. The van der Waals surface area contributed by atoms with Crippen LogP contribution in [0.3, 0.4) is 0 Å². The minimum Gasteiger partial charge on any atom is -0.383 e. The molecule has 1 N–H and O–H groups in total. The van der Waals surface area contributed by atoms with Gasteiger partial charge in [-0.25, -0.2) is 4.39 Å². The van der Waals surface area contributed by atoms with Crippen LogP contribution in [-0.2, 0) is 12.5 Å². The molecule has 0 fully saturated rings. The molecule has 0 spiro atoms. The molecule has 1 aromatic carbocycles. The Morgan fingerprint density at radius 3 is 2.55 bits per heavy atom. The molecule has 1 unspecified atom stereocenters. The Morgan fingerprint density at radius 2 is 1.95 bits per heavy atom. The largest absolute Gasteiger partial charge is 0.383 e. The lowest BCUT2D eigenvalue weighted by Gasteiger charge is -2.20. The molecule has 20 heavy (non-hydrogen) atoms. The van der Waals surface area contributed by atoms with Gasteiger partial charge in [0.15, 0.2) is 0 Å². The molecule has 5 heteroatoms. The van der Waals surface area contributed by atoms with Crippen molar-refractivity contribution in [3.63, 3.8) is 0 Å². The highest BCUT2D eigenvalue weighted by Gasteiger charge is 2.27. The van der Waals surface area contributed by atoms with E-state index in [-0.39, 0.29) is 5.41 Å². The first-order chi connectivity index (χ1) is 9.20. The van der Waals surface area contributed by atoms with Crippen LogP contribution >= 0.6 is 11.6 Å². The van der Waals surface area contributed by atoms with Crippen LogP contribution in [0.15, 0.2) is 24.4 Å². The summed E-state index contributed by atoms with van der Waals surface area (Å²) >= 11 is 6.06. The van der Waals surface area contributed by atoms with Crippen molar-refractivity contribution >= 4 is 11.6 Å². The van der Waals surface area contributed by atoms with E-state index in [2.05, 4.69) is 5.10 Å². The van der Waals surface area contributed by atoms with Crippen LogP contribution in [0.1, 0.15) is 43.7 Å². The fourth-order valence-corrected chi connectivity index (χ4v) is 2.40. The maximum atomic E-state index is 13.4. The predicted molar refractivity (Wildman–Crippen MR) is 77.4 cm³/mol. The molecule has 1 heterocycles. The first-order valence-electron chi connectivity index (χ1n) is 6.37. The number of aliphatic hydroxyl groups is 1. The summed E-state index contributed by atoms with van der Waals surface area (Å²) in [5.74, 6) is -0.426. The number of aliphatic hydroxyl groups excluding tert-OH is 1. The van der Waals surface area contributed by atoms with Crippen LogP contribution in [0.5, 0.6) is 0 Å². The Bertz CT molecular complexity index is 631. The SMILES string of the molecule is Cn1cc(C(O)c2cc(F)ccc2Cl)c(C(C)(C)C)n1. The quantitative estimate of drug-likeness (QED) is 0.919. The molecule has 2 rings (SSSR count). The van der Waals surface area contributed by atoms with E-state index in [1.165, 1.54) is 18.2 Å².